The number of nitrogen functional groups attached to an aromatic ring is 1. The van der Waals surface area contributed by atoms with Crippen LogP contribution in [-0.4, -0.2) is 9.96 Å². The molecule has 0 heterocycles. The van der Waals surface area contributed by atoms with E-state index in [-0.39, 0.29) is 0 Å². The zero-order valence-corrected chi connectivity index (χ0v) is 11.5. The summed E-state index contributed by atoms with van der Waals surface area (Å²) >= 11 is 3.39. The van der Waals surface area contributed by atoms with Crippen molar-refractivity contribution in [1.29, 1.82) is 0 Å². The minimum atomic E-state index is -0.950. The maximum atomic E-state index is 12.2. The van der Waals surface area contributed by atoms with Gasteiger partial charge in [0.25, 0.3) is 0 Å². The highest BCUT2D eigenvalue weighted by Crippen LogP contribution is 2.29. The van der Waals surface area contributed by atoms with E-state index in [2.05, 4.69) is 15.9 Å². The molecule has 2 rings (SSSR count). The third-order valence-corrected chi connectivity index (χ3v) is 5.19. The number of halogens is 1. The number of anilines is 1. The van der Waals surface area contributed by atoms with Gasteiger partial charge >= 0.3 is 0 Å². The van der Waals surface area contributed by atoms with Gasteiger partial charge in [-0.05, 0) is 37.0 Å². The summed E-state index contributed by atoms with van der Waals surface area (Å²) in [5.74, 6) is 1.39. The number of nitrogens with two attached hydrogens (primary N) is 1. The van der Waals surface area contributed by atoms with E-state index in [9.17, 15) is 4.21 Å². The molecule has 2 N–H and O–H groups in total. The van der Waals surface area contributed by atoms with Crippen LogP contribution in [0.3, 0.4) is 0 Å². The molecule has 1 aliphatic carbocycles. The van der Waals surface area contributed by atoms with Gasteiger partial charge in [-0.15, -0.1) is 0 Å². The van der Waals surface area contributed by atoms with Crippen molar-refractivity contribution in [2.24, 2.45) is 5.92 Å². The Kier molecular flexibility index (Phi) is 4.03. The molecule has 1 unspecified atom stereocenters. The highest BCUT2D eigenvalue weighted by molar-refractivity contribution is 9.10. The lowest BCUT2D eigenvalue weighted by Gasteiger charge is -2.10. The fourth-order valence-corrected chi connectivity index (χ4v) is 4.23. The lowest BCUT2D eigenvalue weighted by atomic mass is 10.1. The lowest BCUT2D eigenvalue weighted by Crippen LogP contribution is -2.09. The Labute approximate surface area is 107 Å². The molecular weight excluding hydrogens is 286 g/mol. The molecule has 88 valence electrons. The average molecular weight is 302 g/mol. The molecule has 0 amide bonds. The van der Waals surface area contributed by atoms with Crippen molar-refractivity contribution in [2.45, 2.75) is 30.6 Å². The number of benzene rings is 1. The summed E-state index contributed by atoms with van der Waals surface area (Å²) < 4.78 is 13.1. The lowest BCUT2D eigenvalue weighted by molar-refractivity contribution is 0.604. The van der Waals surface area contributed by atoms with Crippen LogP contribution in [0, 0.1) is 5.92 Å². The van der Waals surface area contributed by atoms with Gasteiger partial charge in [0.05, 0.1) is 15.7 Å². The minimum Gasteiger partial charge on any atom is -0.398 e. The number of hydrogen-bond acceptors (Lipinski definition) is 2. The smallest absolute Gasteiger partial charge is 0.0628 e. The third-order valence-electron chi connectivity index (χ3n) is 3.08. The standard InChI is InChI=1S/C12H16BrNOS/c13-10-5-6-11(14)12(7-10)16(15)8-9-3-1-2-4-9/h5-7,9H,1-4,8,14H2. The molecule has 4 heteroatoms. The molecular formula is C12H16BrNOS. The molecule has 0 aromatic heterocycles. The Morgan fingerprint density at radius 1 is 1.38 bits per heavy atom. The predicted octanol–water partition coefficient (Wildman–Crippen LogP) is 3.33. The van der Waals surface area contributed by atoms with E-state index >= 15 is 0 Å². The molecule has 0 aliphatic heterocycles. The van der Waals surface area contributed by atoms with Crippen molar-refractivity contribution in [3.63, 3.8) is 0 Å². The molecule has 1 fully saturated rings. The van der Waals surface area contributed by atoms with Crippen LogP contribution in [0.15, 0.2) is 27.6 Å². The Balaban J connectivity index is 2.10. The van der Waals surface area contributed by atoms with Gasteiger partial charge in [-0.25, -0.2) is 0 Å². The van der Waals surface area contributed by atoms with Crippen LogP contribution in [0.25, 0.3) is 0 Å². The average Bonchev–Trinajstić information content (AvgIpc) is 2.74. The number of hydrogen-bond donors (Lipinski definition) is 1. The molecule has 1 aromatic rings. The third kappa shape index (κ3) is 2.86. The maximum Gasteiger partial charge on any atom is 0.0628 e. The second-order valence-electron chi connectivity index (χ2n) is 4.34. The largest absolute Gasteiger partial charge is 0.398 e. The predicted molar refractivity (Wildman–Crippen MR) is 71.8 cm³/mol. The number of rotatable bonds is 3. The van der Waals surface area contributed by atoms with Gasteiger partial charge in [0.2, 0.25) is 0 Å². The van der Waals surface area contributed by atoms with E-state index in [1.807, 2.05) is 18.2 Å². The van der Waals surface area contributed by atoms with Crippen molar-refractivity contribution in [3.8, 4) is 0 Å². The highest BCUT2D eigenvalue weighted by atomic mass is 79.9. The molecule has 0 radical (unpaired) electrons. The van der Waals surface area contributed by atoms with Crippen LogP contribution >= 0.6 is 15.9 Å². The zero-order valence-electron chi connectivity index (χ0n) is 9.12. The normalized spacial score (nSPS) is 18.8. The van der Waals surface area contributed by atoms with Gasteiger partial charge in [0.1, 0.15) is 0 Å². The first-order chi connectivity index (χ1) is 7.66. The van der Waals surface area contributed by atoms with E-state index < -0.39 is 10.8 Å². The summed E-state index contributed by atoms with van der Waals surface area (Å²) in [4.78, 5) is 0.779. The highest BCUT2D eigenvalue weighted by Gasteiger charge is 2.19. The first kappa shape index (κ1) is 12.1. The van der Waals surface area contributed by atoms with Crippen molar-refractivity contribution in [1.82, 2.24) is 0 Å². The van der Waals surface area contributed by atoms with E-state index in [1.165, 1.54) is 25.7 Å². The maximum absolute atomic E-state index is 12.2. The van der Waals surface area contributed by atoms with Crippen LogP contribution < -0.4 is 5.73 Å². The summed E-state index contributed by atoms with van der Waals surface area (Å²) in [5.41, 5.74) is 6.49. The molecule has 16 heavy (non-hydrogen) atoms. The van der Waals surface area contributed by atoms with Gasteiger partial charge in [0.15, 0.2) is 0 Å². The van der Waals surface area contributed by atoms with Crippen molar-refractivity contribution < 1.29 is 4.21 Å². The van der Waals surface area contributed by atoms with Crippen LogP contribution in [0.4, 0.5) is 5.69 Å². The first-order valence-corrected chi connectivity index (χ1v) is 7.71. The molecule has 1 atom stereocenters. The van der Waals surface area contributed by atoms with Crippen LogP contribution in [0.2, 0.25) is 0 Å². The first-order valence-electron chi connectivity index (χ1n) is 5.60. The van der Waals surface area contributed by atoms with Crippen molar-refractivity contribution in [3.05, 3.63) is 22.7 Å². The summed E-state index contributed by atoms with van der Waals surface area (Å²) in [5, 5.41) is 0. The Morgan fingerprint density at radius 2 is 2.06 bits per heavy atom. The minimum absolute atomic E-state index is 0.624. The Morgan fingerprint density at radius 3 is 2.75 bits per heavy atom. The fraction of sp³-hybridized carbons (Fsp3) is 0.500. The van der Waals surface area contributed by atoms with Crippen LogP contribution in [0.5, 0.6) is 0 Å². The molecule has 0 spiro atoms. The summed E-state index contributed by atoms with van der Waals surface area (Å²) in [6.07, 6.45) is 5.02. The van der Waals surface area contributed by atoms with E-state index in [4.69, 9.17) is 5.73 Å². The van der Waals surface area contributed by atoms with Crippen molar-refractivity contribution >= 4 is 32.4 Å². The molecule has 0 bridgehead atoms. The molecule has 0 saturated heterocycles. The van der Waals surface area contributed by atoms with Gasteiger partial charge in [-0.1, -0.05) is 28.8 Å². The second kappa shape index (κ2) is 5.32. The molecule has 1 aromatic carbocycles. The zero-order chi connectivity index (χ0) is 11.5. The SMILES string of the molecule is Nc1ccc(Br)cc1S(=O)CC1CCCC1. The van der Waals surface area contributed by atoms with E-state index in [0.717, 1.165) is 15.1 Å². The quantitative estimate of drug-likeness (QED) is 0.870. The Hall–Kier alpha value is -0.350. The second-order valence-corrected chi connectivity index (χ2v) is 6.72. The monoisotopic (exact) mass is 301 g/mol. The molecule has 1 saturated carbocycles. The van der Waals surface area contributed by atoms with Crippen LogP contribution in [0.1, 0.15) is 25.7 Å². The van der Waals surface area contributed by atoms with Gasteiger partial charge in [0, 0.05) is 15.9 Å². The molecule has 2 nitrogen and oxygen atoms in total. The van der Waals surface area contributed by atoms with Crippen LogP contribution in [-0.2, 0) is 10.8 Å². The summed E-state index contributed by atoms with van der Waals surface area (Å²) in [6, 6.07) is 5.57. The topological polar surface area (TPSA) is 43.1 Å². The fourth-order valence-electron chi connectivity index (χ4n) is 2.19. The van der Waals surface area contributed by atoms with Crippen molar-refractivity contribution in [2.75, 3.05) is 11.5 Å². The summed E-state index contributed by atoms with van der Waals surface area (Å²) in [7, 11) is -0.950. The van der Waals surface area contributed by atoms with E-state index in [0.29, 0.717) is 11.6 Å². The Bertz CT molecular complexity index is 402. The summed E-state index contributed by atoms with van der Waals surface area (Å²) in [6.45, 7) is 0. The van der Waals surface area contributed by atoms with E-state index in [1.54, 1.807) is 0 Å². The van der Waals surface area contributed by atoms with Gasteiger partial charge < -0.3 is 5.73 Å². The van der Waals surface area contributed by atoms with Gasteiger partial charge in [-0.3, -0.25) is 4.21 Å². The van der Waals surface area contributed by atoms with Gasteiger partial charge in [-0.2, -0.15) is 0 Å². The molecule has 1 aliphatic rings.